The molecule has 1 saturated heterocycles. The minimum Gasteiger partial charge on any atom is -0.468 e. The van der Waals surface area contributed by atoms with Crippen molar-refractivity contribution in [2.45, 2.75) is 22.6 Å². The van der Waals surface area contributed by atoms with Crippen LogP contribution < -0.4 is 0 Å². The Bertz CT molecular complexity index is 889. The molecule has 0 aromatic heterocycles. The van der Waals surface area contributed by atoms with Crippen molar-refractivity contribution in [2.75, 3.05) is 33.3 Å². The van der Waals surface area contributed by atoms with Gasteiger partial charge in [-0.15, -0.1) is 11.8 Å². The first-order valence-corrected chi connectivity index (χ1v) is 10.9. The molecule has 152 valence electrons. The Morgan fingerprint density at radius 2 is 1.76 bits per heavy atom. The van der Waals surface area contributed by atoms with Crippen molar-refractivity contribution in [3.05, 3.63) is 64.7 Å². The molecule has 2 heterocycles. The van der Waals surface area contributed by atoms with Gasteiger partial charge in [0.15, 0.2) is 0 Å². The zero-order valence-electron chi connectivity index (χ0n) is 16.2. The monoisotopic (exact) mass is 430 g/mol. The predicted molar refractivity (Wildman–Crippen MR) is 114 cm³/mol. The van der Waals surface area contributed by atoms with Gasteiger partial charge in [0.05, 0.1) is 12.4 Å². The van der Waals surface area contributed by atoms with Gasteiger partial charge in [-0.2, -0.15) is 0 Å². The van der Waals surface area contributed by atoms with Crippen molar-refractivity contribution in [3.63, 3.8) is 0 Å². The number of carbonyl (C=O) groups excluding carboxylic acids is 2. The van der Waals surface area contributed by atoms with Gasteiger partial charge in [-0.05, 0) is 29.7 Å². The third kappa shape index (κ3) is 4.15. The van der Waals surface area contributed by atoms with E-state index in [-0.39, 0.29) is 17.1 Å². The number of hydrogen-bond donors (Lipinski definition) is 0. The second-order valence-electron chi connectivity index (χ2n) is 7.23. The van der Waals surface area contributed by atoms with Crippen LogP contribution in [0.3, 0.4) is 0 Å². The number of carbonyl (C=O) groups is 2. The molecule has 2 aliphatic heterocycles. The van der Waals surface area contributed by atoms with Crippen LogP contribution in [-0.2, 0) is 20.7 Å². The molecule has 2 unspecified atom stereocenters. The van der Waals surface area contributed by atoms with Crippen molar-refractivity contribution in [1.29, 1.82) is 0 Å². The lowest BCUT2D eigenvalue weighted by Crippen LogP contribution is -2.52. The van der Waals surface area contributed by atoms with E-state index >= 15 is 0 Å². The normalized spacial score (nSPS) is 20.2. The van der Waals surface area contributed by atoms with Gasteiger partial charge < -0.3 is 9.64 Å². The molecule has 2 aromatic rings. The molecule has 0 radical (unpaired) electrons. The fraction of sp³-hybridized carbons (Fsp3) is 0.364. The number of nitrogens with zero attached hydrogens (tertiary/aromatic N) is 2. The zero-order valence-corrected chi connectivity index (χ0v) is 17.8. The average Bonchev–Trinajstić information content (AvgIpc) is 3.19. The first-order valence-electron chi connectivity index (χ1n) is 9.68. The highest BCUT2D eigenvalue weighted by molar-refractivity contribution is 8.01. The molecular weight excluding hydrogens is 408 g/mol. The summed E-state index contributed by atoms with van der Waals surface area (Å²) in [6.07, 6.45) is 0.782. The van der Waals surface area contributed by atoms with Gasteiger partial charge in [0.1, 0.15) is 6.04 Å². The van der Waals surface area contributed by atoms with E-state index in [1.54, 1.807) is 17.8 Å². The molecule has 2 aliphatic rings. The molecule has 0 saturated carbocycles. The van der Waals surface area contributed by atoms with Crippen molar-refractivity contribution in [3.8, 4) is 0 Å². The van der Waals surface area contributed by atoms with Crippen molar-refractivity contribution in [2.24, 2.45) is 0 Å². The van der Waals surface area contributed by atoms with Crippen LogP contribution in [0.15, 0.2) is 53.4 Å². The van der Waals surface area contributed by atoms with Gasteiger partial charge in [0, 0.05) is 36.1 Å². The Balaban J connectivity index is 1.42. The number of benzene rings is 2. The Labute approximate surface area is 180 Å². The first-order chi connectivity index (χ1) is 14.1. The number of halogens is 1. The smallest absolute Gasteiger partial charge is 0.327 e. The van der Waals surface area contributed by atoms with Gasteiger partial charge in [0.2, 0.25) is 5.91 Å². The molecule has 1 amide bonds. The van der Waals surface area contributed by atoms with Gasteiger partial charge >= 0.3 is 5.97 Å². The Morgan fingerprint density at radius 1 is 1.07 bits per heavy atom. The standard InChI is InChI=1S/C22H23ClN2O3S/c1-28-22(27)20(16-7-3-4-8-17(16)23)24-10-12-25(13-11-24)21(26)19-14-15-6-2-5-9-18(15)29-19/h2-9,19-20H,10-14H2,1H3. The summed E-state index contributed by atoms with van der Waals surface area (Å²) < 4.78 is 5.04. The average molecular weight is 431 g/mol. The van der Waals surface area contributed by atoms with E-state index in [9.17, 15) is 9.59 Å². The second-order valence-corrected chi connectivity index (χ2v) is 8.88. The lowest BCUT2D eigenvalue weighted by Gasteiger charge is -2.39. The lowest BCUT2D eigenvalue weighted by molar-refractivity contribution is -0.148. The number of piperazine rings is 1. The molecule has 0 N–H and O–H groups in total. The van der Waals surface area contributed by atoms with Crippen molar-refractivity contribution >= 4 is 35.2 Å². The van der Waals surface area contributed by atoms with Crippen LogP contribution in [0.1, 0.15) is 17.2 Å². The highest BCUT2D eigenvalue weighted by atomic mass is 35.5. The van der Waals surface area contributed by atoms with E-state index in [0.717, 1.165) is 12.0 Å². The number of fused-ring (bicyclic) bond motifs is 1. The number of thioether (sulfide) groups is 1. The summed E-state index contributed by atoms with van der Waals surface area (Å²) in [6, 6.07) is 15.0. The topological polar surface area (TPSA) is 49.9 Å². The molecule has 0 aliphatic carbocycles. The van der Waals surface area contributed by atoms with E-state index < -0.39 is 6.04 Å². The number of methoxy groups -OCH3 is 1. The van der Waals surface area contributed by atoms with Gasteiger partial charge in [-0.25, -0.2) is 4.79 Å². The maximum absolute atomic E-state index is 13.0. The highest BCUT2D eigenvalue weighted by Gasteiger charge is 2.36. The molecule has 2 atom stereocenters. The number of rotatable bonds is 4. The largest absolute Gasteiger partial charge is 0.468 e. The zero-order chi connectivity index (χ0) is 20.4. The molecule has 0 spiro atoms. The molecule has 29 heavy (non-hydrogen) atoms. The van der Waals surface area contributed by atoms with Crippen LogP contribution in [-0.4, -0.2) is 60.2 Å². The van der Waals surface area contributed by atoms with Crippen LogP contribution in [0.2, 0.25) is 5.02 Å². The van der Waals surface area contributed by atoms with E-state index in [2.05, 4.69) is 12.1 Å². The molecule has 1 fully saturated rings. The summed E-state index contributed by atoms with van der Waals surface area (Å²) in [5, 5.41) is 0.487. The first kappa shape index (κ1) is 20.3. The Morgan fingerprint density at radius 3 is 2.45 bits per heavy atom. The highest BCUT2D eigenvalue weighted by Crippen LogP contribution is 2.38. The fourth-order valence-corrected chi connectivity index (χ4v) is 5.52. The Kier molecular flexibility index (Phi) is 6.13. The summed E-state index contributed by atoms with van der Waals surface area (Å²) in [7, 11) is 1.39. The predicted octanol–water partition coefficient (Wildman–Crippen LogP) is 3.42. The molecule has 4 rings (SSSR count). The summed E-state index contributed by atoms with van der Waals surface area (Å²) >= 11 is 8.00. The third-order valence-electron chi connectivity index (χ3n) is 5.54. The number of amides is 1. The minimum absolute atomic E-state index is 0.0566. The fourth-order valence-electron chi connectivity index (χ4n) is 4.01. The Hall–Kier alpha value is -2.02. The maximum atomic E-state index is 13.0. The number of esters is 1. The van der Waals surface area contributed by atoms with Crippen molar-refractivity contribution < 1.29 is 14.3 Å². The van der Waals surface area contributed by atoms with Crippen LogP contribution in [0.5, 0.6) is 0 Å². The third-order valence-corrected chi connectivity index (χ3v) is 7.19. The number of ether oxygens (including phenoxy) is 1. The molecule has 0 bridgehead atoms. The molecular formula is C22H23ClN2O3S. The second kappa shape index (κ2) is 8.78. The quantitative estimate of drug-likeness (QED) is 0.696. The van der Waals surface area contributed by atoms with E-state index in [0.29, 0.717) is 31.2 Å². The summed E-state index contributed by atoms with van der Waals surface area (Å²) in [4.78, 5) is 30.7. The van der Waals surface area contributed by atoms with Crippen LogP contribution in [0.4, 0.5) is 0 Å². The van der Waals surface area contributed by atoms with Gasteiger partial charge in [-0.3, -0.25) is 9.69 Å². The van der Waals surface area contributed by atoms with Gasteiger partial charge in [-0.1, -0.05) is 48.0 Å². The lowest BCUT2D eigenvalue weighted by atomic mass is 10.0. The maximum Gasteiger partial charge on any atom is 0.327 e. The summed E-state index contributed by atoms with van der Waals surface area (Å²) in [6.45, 7) is 2.37. The molecule has 7 heteroatoms. The molecule has 5 nitrogen and oxygen atoms in total. The van der Waals surface area contributed by atoms with Crippen LogP contribution >= 0.6 is 23.4 Å². The summed E-state index contributed by atoms with van der Waals surface area (Å²) in [5.74, 6) is -0.155. The van der Waals surface area contributed by atoms with Crippen LogP contribution in [0, 0.1) is 0 Å². The molecule has 2 aromatic carbocycles. The van der Waals surface area contributed by atoms with Crippen LogP contribution in [0.25, 0.3) is 0 Å². The summed E-state index contributed by atoms with van der Waals surface area (Å²) in [5.41, 5.74) is 1.99. The SMILES string of the molecule is COC(=O)C(c1ccccc1Cl)N1CCN(C(=O)C2Cc3ccccc3S2)CC1. The minimum atomic E-state index is -0.559. The van der Waals surface area contributed by atoms with Crippen molar-refractivity contribution in [1.82, 2.24) is 9.80 Å². The van der Waals surface area contributed by atoms with E-state index in [1.807, 2.05) is 40.1 Å². The van der Waals surface area contributed by atoms with E-state index in [4.69, 9.17) is 16.3 Å². The van der Waals surface area contributed by atoms with E-state index in [1.165, 1.54) is 17.6 Å². The van der Waals surface area contributed by atoms with Gasteiger partial charge in [0.25, 0.3) is 0 Å². The number of hydrogen-bond acceptors (Lipinski definition) is 5.